The molecule has 10 heteroatoms. The lowest BCUT2D eigenvalue weighted by Crippen LogP contribution is -2.51. The number of ether oxygens (including phenoxy) is 1. The number of benzene rings is 3. The highest BCUT2D eigenvalue weighted by molar-refractivity contribution is 7.98. The van der Waals surface area contributed by atoms with Crippen LogP contribution >= 0.6 is 11.8 Å². The molecule has 2 amide bonds. The number of sulfonamides is 1. The number of rotatable bonds is 14. The normalized spacial score (nSPS) is 12.1. The van der Waals surface area contributed by atoms with Gasteiger partial charge in [-0.3, -0.25) is 13.9 Å². The summed E-state index contributed by atoms with van der Waals surface area (Å²) in [4.78, 5) is 29.7. The second kappa shape index (κ2) is 15.1. The fourth-order valence-electron chi connectivity index (χ4n) is 4.25. The van der Waals surface area contributed by atoms with E-state index in [9.17, 15) is 18.0 Å². The molecule has 0 aliphatic carbocycles. The van der Waals surface area contributed by atoms with Crippen LogP contribution in [0.4, 0.5) is 5.69 Å². The lowest BCUT2D eigenvalue weighted by atomic mass is 10.1. The van der Waals surface area contributed by atoms with E-state index in [1.807, 2.05) is 58.2 Å². The van der Waals surface area contributed by atoms with Crippen LogP contribution < -0.4 is 14.4 Å². The van der Waals surface area contributed by atoms with Crippen LogP contribution in [0.25, 0.3) is 0 Å². The van der Waals surface area contributed by atoms with E-state index in [0.717, 1.165) is 20.3 Å². The maximum absolute atomic E-state index is 14.1. The number of aryl methyl sites for hydroxylation is 1. The molecule has 0 radical (unpaired) electrons. The zero-order valence-corrected chi connectivity index (χ0v) is 26.8. The van der Waals surface area contributed by atoms with Gasteiger partial charge in [0.05, 0.1) is 17.2 Å². The summed E-state index contributed by atoms with van der Waals surface area (Å²) in [6, 6.07) is 20.1. The van der Waals surface area contributed by atoms with Gasteiger partial charge in [-0.2, -0.15) is 0 Å². The van der Waals surface area contributed by atoms with Crippen LogP contribution in [0.2, 0.25) is 0 Å². The van der Waals surface area contributed by atoms with Crippen LogP contribution in [0.15, 0.2) is 82.6 Å². The second-order valence-electron chi connectivity index (χ2n) is 10.4. The van der Waals surface area contributed by atoms with Gasteiger partial charge >= 0.3 is 0 Å². The van der Waals surface area contributed by atoms with Gasteiger partial charge in [-0.1, -0.05) is 55.8 Å². The number of nitrogens with zero attached hydrogens (tertiary/aromatic N) is 2. The van der Waals surface area contributed by atoms with Gasteiger partial charge in [-0.05, 0) is 74.9 Å². The molecule has 0 fully saturated rings. The number of carbonyl (C=O) groups excluding carboxylic acids is 2. The molecule has 42 heavy (non-hydrogen) atoms. The summed E-state index contributed by atoms with van der Waals surface area (Å²) in [5.41, 5.74) is 2.14. The van der Waals surface area contributed by atoms with Crippen molar-refractivity contribution in [2.45, 2.75) is 57.0 Å². The first kappa shape index (κ1) is 33.0. The van der Waals surface area contributed by atoms with Crippen LogP contribution in [0.5, 0.6) is 5.75 Å². The first-order valence-corrected chi connectivity index (χ1v) is 16.7. The summed E-state index contributed by atoms with van der Waals surface area (Å²) in [6.45, 7) is 9.81. The summed E-state index contributed by atoms with van der Waals surface area (Å²) in [6.07, 6.45) is 1.91. The lowest BCUT2D eigenvalue weighted by Gasteiger charge is -2.32. The Morgan fingerprint density at radius 1 is 0.952 bits per heavy atom. The van der Waals surface area contributed by atoms with Crippen molar-refractivity contribution in [3.63, 3.8) is 0 Å². The first-order chi connectivity index (χ1) is 20.0. The molecule has 1 N–H and O–H groups in total. The van der Waals surface area contributed by atoms with E-state index >= 15 is 0 Å². The Labute approximate surface area is 254 Å². The molecule has 3 rings (SSSR count). The largest absolute Gasteiger partial charge is 0.492 e. The molecule has 1 atom stereocenters. The lowest BCUT2D eigenvalue weighted by molar-refractivity contribution is -0.139. The Morgan fingerprint density at radius 3 is 2.19 bits per heavy atom. The smallest absolute Gasteiger partial charge is 0.264 e. The van der Waals surface area contributed by atoms with Crippen LogP contribution in [0, 0.1) is 12.8 Å². The fraction of sp³-hybridized carbons (Fsp3) is 0.375. The molecule has 3 aromatic rings. The van der Waals surface area contributed by atoms with Crippen LogP contribution in [0.1, 0.15) is 38.8 Å². The summed E-state index contributed by atoms with van der Waals surface area (Å²) < 4.78 is 35.1. The Bertz CT molecular complexity index is 1440. The number of thioether (sulfide) groups is 1. The van der Waals surface area contributed by atoms with E-state index in [1.54, 1.807) is 43.3 Å². The molecule has 0 unspecified atom stereocenters. The number of anilines is 1. The molecular weight excluding hydrogens is 571 g/mol. The minimum Gasteiger partial charge on any atom is -0.492 e. The SMILES string of the molecule is CCOc1ccccc1N(CC(=O)N(Cc1ccc(C)cc1)[C@H](C)C(=O)NCC(C)C)S(=O)(=O)c1ccc(SC)cc1. The number of hydrogen-bond acceptors (Lipinski definition) is 6. The third-order valence-corrected chi connectivity index (χ3v) is 9.20. The first-order valence-electron chi connectivity index (χ1n) is 14.0. The van der Waals surface area contributed by atoms with Gasteiger partial charge in [0.1, 0.15) is 18.3 Å². The van der Waals surface area contributed by atoms with Gasteiger partial charge in [-0.15, -0.1) is 11.8 Å². The van der Waals surface area contributed by atoms with Crippen molar-refractivity contribution >= 4 is 39.3 Å². The maximum Gasteiger partial charge on any atom is 0.264 e. The molecule has 0 aliphatic rings. The van der Waals surface area contributed by atoms with Crippen molar-refractivity contribution in [1.82, 2.24) is 10.2 Å². The van der Waals surface area contributed by atoms with Crippen molar-refractivity contribution in [2.75, 3.05) is 30.3 Å². The van der Waals surface area contributed by atoms with E-state index in [1.165, 1.54) is 28.8 Å². The number of para-hydroxylation sites is 2. The van der Waals surface area contributed by atoms with Gasteiger partial charge < -0.3 is 15.0 Å². The minimum absolute atomic E-state index is 0.0483. The van der Waals surface area contributed by atoms with E-state index < -0.39 is 28.5 Å². The molecule has 0 heterocycles. The predicted octanol–water partition coefficient (Wildman–Crippen LogP) is 5.50. The number of hydrogen-bond donors (Lipinski definition) is 1. The minimum atomic E-state index is -4.20. The van der Waals surface area contributed by atoms with Gasteiger partial charge in [0.15, 0.2) is 0 Å². The number of carbonyl (C=O) groups is 2. The third kappa shape index (κ3) is 8.51. The Kier molecular flexibility index (Phi) is 11.9. The molecular formula is C32H41N3O5S2. The van der Waals surface area contributed by atoms with E-state index in [4.69, 9.17) is 4.74 Å². The molecule has 0 saturated carbocycles. The highest BCUT2D eigenvalue weighted by Gasteiger charge is 2.33. The highest BCUT2D eigenvalue weighted by Crippen LogP contribution is 2.33. The molecule has 0 aliphatic heterocycles. The van der Waals surface area contributed by atoms with Gasteiger partial charge in [-0.25, -0.2) is 8.42 Å². The second-order valence-corrected chi connectivity index (χ2v) is 13.2. The van der Waals surface area contributed by atoms with Crippen molar-refractivity contribution in [3.05, 3.63) is 83.9 Å². The van der Waals surface area contributed by atoms with E-state index in [0.29, 0.717) is 18.9 Å². The van der Waals surface area contributed by atoms with E-state index in [2.05, 4.69) is 5.32 Å². The molecule has 0 spiro atoms. The Hall–Kier alpha value is -3.50. The van der Waals surface area contributed by atoms with Gasteiger partial charge in [0.2, 0.25) is 11.8 Å². The van der Waals surface area contributed by atoms with Crippen LogP contribution in [-0.4, -0.2) is 57.1 Å². The quantitative estimate of drug-likeness (QED) is 0.242. The number of amides is 2. The van der Waals surface area contributed by atoms with E-state index in [-0.39, 0.29) is 29.0 Å². The topological polar surface area (TPSA) is 96.0 Å². The summed E-state index contributed by atoms with van der Waals surface area (Å²) in [7, 11) is -4.20. The summed E-state index contributed by atoms with van der Waals surface area (Å²) >= 11 is 1.50. The van der Waals surface area contributed by atoms with Gasteiger partial charge in [0, 0.05) is 18.0 Å². The number of nitrogens with one attached hydrogen (secondary N) is 1. The van der Waals surface area contributed by atoms with Crippen molar-refractivity contribution in [3.8, 4) is 5.75 Å². The monoisotopic (exact) mass is 611 g/mol. The zero-order chi connectivity index (χ0) is 30.9. The van der Waals surface area contributed by atoms with Gasteiger partial charge in [0.25, 0.3) is 10.0 Å². The molecule has 0 aromatic heterocycles. The summed E-state index contributed by atoms with van der Waals surface area (Å²) in [5, 5.41) is 2.90. The molecule has 0 bridgehead atoms. The van der Waals surface area contributed by atoms with Crippen molar-refractivity contribution in [1.29, 1.82) is 0 Å². The summed E-state index contributed by atoms with van der Waals surface area (Å²) in [5.74, 6) is -0.250. The fourth-order valence-corrected chi connectivity index (χ4v) is 6.09. The predicted molar refractivity (Wildman–Crippen MR) is 169 cm³/mol. The Morgan fingerprint density at radius 2 is 1.60 bits per heavy atom. The van der Waals surface area contributed by atoms with Crippen molar-refractivity contribution in [2.24, 2.45) is 5.92 Å². The highest BCUT2D eigenvalue weighted by atomic mass is 32.2. The average molecular weight is 612 g/mol. The molecule has 0 saturated heterocycles. The maximum atomic E-state index is 14.1. The molecule has 3 aromatic carbocycles. The Balaban J connectivity index is 2.06. The van der Waals surface area contributed by atoms with Crippen LogP contribution in [0.3, 0.4) is 0 Å². The standard InChI is InChI=1S/C32H41N3O5S2/c1-7-40-30-11-9-8-10-29(30)35(42(38,39)28-18-16-27(41-6)17-19-28)22-31(36)34(21-26-14-12-24(4)13-15-26)25(5)32(37)33-20-23(2)3/h8-19,23,25H,7,20-22H2,1-6H3,(H,33,37)/t25-/m1/s1. The average Bonchev–Trinajstić information content (AvgIpc) is 2.98. The zero-order valence-electron chi connectivity index (χ0n) is 25.2. The van der Waals surface area contributed by atoms with Crippen LogP contribution in [-0.2, 0) is 26.2 Å². The van der Waals surface area contributed by atoms with Crippen molar-refractivity contribution < 1.29 is 22.7 Å². The third-order valence-electron chi connectivity index (χ3n) is 6.69. The molecule has 226 valence electrons. The molecule has 8 nitrogen and oxygen atoms in total.